The molecule has 3 heterocycles. The van der Waals surface area contributed by atoms with Gasteiger partial charge in [-0.1, -0.05) is 0 Å². The number of hydrogen-bond donors (Lipinski definition) is 1. The molecule has 6 heteroatoms. The quantitative estimate of drug-likeness (QED) is 0.936. The molecule has 0 bridgehead atoms. The van der Waals surface area contributed by atoms with Crippen LogP contribution in [0.5, 0.6) is 0 Å². The summed E-state index contributed by atoms with van der Waals surface area (Å²) in [7, 11) is 1.88. The summed E-state index contributed by atoms with van der Waals surface area (Å²) in [6.07, 6.45) is 6.64. The van der Waals surface area contributed by atoms with Crippen molar-refractivity contribution < 1.29 is 9.90 Å². The SMILES string of the molecule is CC(C)n1cccc1C(=O)N1CCCC(C(O)c2nccn2C)C1. The highest BCUT2D eigenvalue weighted by Gasteiger charge is 2.32. The fourth-order valence-electron chi connectivity index (χ4n) is 3.51. The molecule has 2 atom stereocenters. The third kappa shape index (κ3) is 3.11. The zero-order valence-electron chi connectivity index (χ0n) is 14.6. The number of imidazole rings is 1. The number of aromatic nitrogens is 3. The van der Waals surface area contributed by atoms with Crippen molar-refractivity contribution in [3.05, 3.63) is 42.2 Å². The van der Waals surface area contributed by atoms with Crippen molar-refractivity contribution in [1.82, 2.24) is 19.0 Å². The Morgan fingerprint density at radius 1 is 1.38 bits per heavy atom. The molecule has 2 aromatic rings. The van der Waals surface area contributed by atoms with Crippen LogP contribution < -0.4 is 0 Å². The molecule has 6 nitrogen and oxygen atoms in total. The van der Waals surface area contributed by atoms with Crippen molar-refractivity contribution in [2.75, 3.05) is 13.1 Å². The molecular formula is C18H26N4O2. The first-order chi connectivity index (χ1) is 11.5. The van der Waals surface area contributed by atoms with Gasteiger partial charge in [-0.3, -0.25) is 4.79 Å². The zero-order valence-corrected chi connectivity index (χ0v) is 14.6. The van der Waals surface area contributed by atoms with Crippen LogP contribution in [0.2, 0.25) is 0 Å². The van der Waals surface area contributed by atoms with Crippen LogP contribution in [0.25, 0.3) is 0 Å². The smallest absolute Gasteiger partial charge is 0.270 e. The first kappa shape index (κ1) is 16.8. The summed E-state index contributed by atoms with van der Waals surface area (Å²) in [4.78, 5) is 19.0. The van der Waals surface area contributed by atoms with E-state index in [1.165, 1.54) is 0 Å². The van der Waals surface area contributed by atoms with Crippen LogP contribution in [0.1, 0.15) is 55.1 Å². The van der Waals surface area contributed by atoms with Gasteiger partial charge < -0.3 is 19.1 Å². The van der Waals surface area contributed by atoms with Gasteiger partial charge in [-0.25, -0.2) is 4.98 Å². The van der Waals surface area contributed by atoms with Crippen molar-refractivity contribution >= 4 is 5.91 Å². The van der Waals surface area contributed by atoms with Crippen molar-refractivity contribution in [2.24, 2.45) is 13.0 Å². The lowest BCUT2D eigenvalue weighted by Gasteiger charge is -2.35. The van der Waals surface area contributed by atoms with E-state index >= 15 is 0 Å². The van der Waals surface area contributed by atoms with E-state index in [0.29, 0.717) is 12.4 Å². The van der Waals surface area contributed by atoms with Crippen LogP contribution in [0, 0.1) is 5.92 Å². The molecule has 0 saturated carbocycles. The van der Waals surface area contributed by atoms with E-state index in [1.807, 2.05) is 45.6 Å². The van der Waals surface area contributed by atoms with Gasteiger partial charge in [0, 0.05) is 50.7 Å². The largest absolute Gasteiger partial charge is 0.385 e. The molecule has 2 aromatic heterocycles. The first-order valence-electron chi connectivity index (χ1n) is 8.60. The number of nitrogens with zero attached hydrogens (tertiary/aromatic N) is 4. The number of hydrogen-bond acceptors (Lipinski definition) is 3. The lowest BCUT2D eigenvalue weighted by molar-refractivity contribution is 0.0351. The number of aliphatic hydroxyl groups is 1. The minimum absolute atomic E-state index is 0.0197. The van der Waals surface area contributed by atoms with Gasteiger partial charge in [0.1, 0.15) is 17.6 Å². The van der Waals surface area contributed by atoms with Crippen LogP contribution in [-0.2, 0) is 7.05 Å². The molecule has 24 heavy (non-hydrogen) atoms. The summed E-state index contributed by atoms with van der Waals surface area (Å²) in [5, 5.41) is 10.7. The predicted octanol–water partition coefficient (Wildman–Crippen LogP) is 2.39. The second-order valence-corrected chi connectivity index (χ2v) is 6.89. The van der Waals surface area contributed by atoms with E-state index in [9.17, 15) is 9.90 Å². The summed E-state index contributed by atoms with van der Waals surface area (Å²) in [5.74, 6) is 0.733. The third-order valence-corrected chi connectivity index (χ3v) is 4.87. The zero-order chi connectivity index (χ0) is 17.3. The predicted molar refractivity (Wildman–Crippen MR) is 91.6 cm³/mol. The number of rotatable bonds is 4. The van der Waals surface area contributed by atoms with Gasteiger partial charge in [0.15, 0.2) is 0 Å². The van der Waals surface area contributed by atoms with Crippen LogP contribution >= 0.6 is 0 Å². The number of piperidine rings is 1. The van der Waals surface area contributed by atoms with Gasteiger partial charge >= 0.3 is 0 Å². The molecule has 1 aliphatic rings. The number of carbonyl (C=O) groups excluding carboxylic acids is 1. The Kier molecular flexibility index (Phi) is 4.76. The topological polar surface area (TPSA) is 63.3 Å². The number of carbonyl (C=O) groups is 1. The molecule has 0 aromatic carbocycles. The molecule has 0 aliphatic carbocycles. The lowest BCUT2D eigenvalue weighted by atomic mass is 9.91. The Morgan fingerprint density at radius 3 is 2.83 bits per heavy atom. The summed E-state index contributed by atoms with van der Waals surface area (Å²) >= 11 is 0. The molecule has 1 aliphatic heterocycles. The Balaban J connectivity index is 1.74. The Bertz CT molecular complexity index is 703. The van der Waals surface area contributed by atoms with E-state index < -0.39 is 6.10 Å². The standard InChI is InChI=1S/C18H26N4O2/c1-13(2)22-10-5-7-15(22)18(24)21-9-4-6-14(12-21)16(23)17-19-8-11-20(17)3/h5,7-8,10-11,13-14,16,23H,4,6,9,12H2,1-3H3. The molecule has 0 radical (unpaired) electrons. The number of amides is 1. The molecule has 1 N–H and O–H groups in total. The normalized spacial score (nSPS) is 19.7. The maximum atomic E-state index is 12.9. The minimum Gasteiger partial charge on any atom is -0.385 e. The molecule has 1 saturated heterocycles. The van der Waals surface area contributed by atoms with E-state index in [4.69, 9.17) is 0 Å². The van der Waals surface area contributed by atoms with Gasteiger partial charge in [-0.15, -0.1) is 0 Å². The van der Waals surface area contributed by atoms with Gasteiger partial charge in [-0.2, -0.15) is 0 Å². The van der Waals surface area contributed by atoms with Crippen molar-refractivity contribution in [3.63, 3.8) is 0 Å². The molecule has 0 spiro atoms. The van der Waals surface area contributed by atoms with E-state index in [0.717, 1.165) is 25.1 Å². The van der Waals surface area contributed by atoms with Crippen molar-refractivity contribution in [2.45, 2.75) is 38.8 Å². The summed E-state index contributed by atoms with van der Waals surface area (Å²) in [6.45, 7) is 5.45. The second kappa shape index (κ2) is 6.81. The molecular weight excluding hydrogens is 304 g/mol. The highest BCUT2D eigenvalue weighted by atomic mass is 16.3. The average molecular weight is 330 g/mol. The van der Waals surface area contributed by atoms with Crippen LogP contribution in [0.15, 0.2) is 30.7 Å². The highest BCUT2D eigenvalue weighted by molar-refractivity contribution is 5.92. The van der Waals surface area contributed by atoms with Gasteiger partial charge in [-0.05, 0) is 38.8 Å². The maximum Gasteiger partial charge on any atom is 0.270 e. The lowest BCUT2D eigenvalue weighted by Crippen LogP contribution is -2.42. The van der Waals surface area contributed by atoms with Crippen molar-refractivity contribution in [1.29, 1.82) is 0 Å². The fraction of sp³-hybridized carbons (Fsp3) is 0.556. The third-order valence-electron chi connectivity index (χ3n) is 4.87. The van der Waals surface area contributed by atoms with Gasteiger partial charge in [0.25, 0.3) is 5.91 Å². The molecule has 130 valence electrons. The molecule has 1 amide bonds. The van der Waals surface area contributed by atoms with Gasteiger partial charge in [0.05, 0.1) is 0 Å². The van der Waals surface area contributed by atoms with Crippen molar-refractivity contribution in [3.8, 4) is 0 Å². The molecule has 3 rings (SSSR count). The summed E-state index contributed by atoms with van der Waals surface area (Å²) < 4.78 is 3.84. The number of aliphatic hydroxyl groups excluding tert-OH is 1. The monoisotopic (exact) mass is 330 g/mol. The number of likely N-dealkylation sites (tertiary alicyclic amines) is 1. The van der Waals surface area contributed by atoms with Crippen LogP contribution in [0.3, 0.4) is 0 Å². The molecule has 1 fully saturated rings. The Morgan fingerprint density at radius 2 is 2.17 bits per heavy atom. The van der Waals surface area contributed by atoms with E-state index in [-0.39, 0.29) is 17.9 Å². The fourth-order valence-corrected chi connectivity index (χ4v) is 3.51. The van der Waals surface area contributed by atoms with Crippen LogP contribution in [0.4, 0.5) is 0 Å². The average Bonchev–Trinajstić information content (AvgIpc) is 3.22. The number of aryl methyl sites for hydroxylation is 1. The Hall–Kier alpha value is -2.08. The van der Waals surface area contributed by atoms with E-state index in [2.05, 4.69) is 18.8 Å². The minimum atomic E-state index is -0.641. The summed E-state index contributed by atoms with van der Waals surface area (Å²) in [6, 6.07) is 4.04. The highest BCUT2D eigenvalue weighted by Crippen LogP contribution is 2.29. The Labute approximate surface area is 142 Å². The van der Waals surface area contributed by atoms with Crippen LogP contribution in [-0.4, -0.2) is 43.1 Å². The summed E-state index contributed by atoms with van der Waals surface area (Å²) in [5.41, 5.74) is 0.720. The first-order valence-corrected chi connectivity index (χ1v) is 8.60. The molecule has 2 unspecified atom stereocenters. The van der Waals surface area contributed by atoms with E-state index in [1.54, 1.807) is 6.20 Å². The van der Waals surface area contributed by atoms with Gasteiger partial charge in [0.2, 0.25) is 0 Å². The second-order valence-electron chi connectivity index (χ2n) is 6.89. The maximum absolute atomic E-state index is 12.9.